The Morgan fingerprint density at radius 2 is 1.95 bits per heavy atom. The number of fused-ring (bicyclic) bond motifs is 2. The number of hydrogen-bond donors (Lipinski definition) is 1. The van der Waals surface area contributed by atoms with Crippen molar-refractivity contribution in [3.63, 3.8) is 0 Å². The normalized spacial score (nSPS) is 28.5. The number of aliphatic hydroxyl groups excluding tert-OH is 1. The Balaban J connectivity index is 1.86. The number of ether oxygens (including phenoxy) is 1. The first-order valence-corrected chi connectivity index (χ1v) is 7.43. The van der Waals surface area contributed by atoms with Gasteiger partial charge in [0.1, 0.15) is 5.75 Å². The molecule has 20 heavy (non-hydrogen) atoms. The minimum absolute atomic E-state index is 0.0495. The molecule has 2 heterocycles. The van der Waals surface area contributed by atoms with Crippen LogP contribution >= 0.6 is 0 Å². The standard InChI is InChI=1S/C16H21NO3/c1-2-20-15-6-4-3-5-14(15)16(19)17-11-7-8-12(17)10-13(18)9-11/h3-6,11-13,18H,2,7-10H2,1H3. The summed E-state index contributed by atoms with van der Waals surface area (Å²) in [7, 11) is 0. The van der Waals surface area contributed by atoms with E-state index in [0.717, 1.165) is 12.8 Å². The molecule has 1 N–H and O–H groups in total. The van der Waals surface area contributed by atoms with Gasteiger partial charge in [-0.1, -0.05) is 12.1 Å². The van der Waals surface area contributed by atoms with E-state index in [1.165, 1.54) is 0 Å². The average molecular weight is 275 g/mol. The molecule has 2 saturated heterocycles. The van der Waals surface area contributed by atoms with Gasteiger partial charge in [-0.3, -0.25) is 4.79 Å². The maximum absolute atomic E-state index is 12.8. The summed E-state index contributed by atoms with van der Waals surface area (Å²) in [6.45, 7) is 2.47. The van der Waals surface area contributed by atoms with Gasteiger partial charge in [0.15, 0.2) is 0 Å². The smallest absolute Gasteiger partial charge is 0.258 e. The number of hydrogen-bond acceptors (Lipinski definition) is 3. The van der Waals surface area contributed by atoms with Crippen molar-refractivity contribution in [3.05, 3.63) is 29.8 Å². The summed E-state index contributed by atoms with van der Waals surface area (Å²) in [5, 5.41) is 9.84. The molecule has 4 nitrogen and oxygen atoms in total. The first kappa shape index (κ1) is 13.4. The average Bonchev–Trinajstić information content (AvgIpc) is 2.71. The number of carbonyl (C=O) groups excluding carboxylic acids is 1. The lowest BCUT2D eigenvalue weighted by Gasteiger charge is -2.37. The first-order chi connectivity index (χ1) is 9.70. The van der Waals surface area contributed by atoms with Crippen molar-refractivity contribution in [2.24, 2.45) is 0 Å². The zero-order valence-electron chi connectivity index (χ0n) is 11.8. The molecule has 2 aliphatic rings. The van der Waals surface area contributed by atoms with Crippen LogP contribution in [0, 0.1) is 0 Å². The molecule has 1 aromatic carbocycles. The van der Waals surface area contributed by atoms with Crippen LogP contribution in [0.25, 0.3) is 0 Å². The highest BCUT2D eigenvalue weighted by Crippen LogP contribution is 2.37. The van der Waals surface area contributed by atoms with Crippen LogP contribution in [0.2, 0.25) is 0 Å². The van der Waals surface area contributed by atoms with Crippen molar-refractivity contribution >= 4 is 5.91 Å². The summed E-state index contributed by atoms with van der Waals surface area (Å²) in [6, 6.07) is 7.80. The van der Waals surface area contributed by atoms with Crippen LogP contribution < -0.4 is 4.74 Å². The highest BCUT2D eigenvalue weighted by atomic mass is 16.5. The minimum Gasteiger partial charge on any atom is -0.493 e. The van der Waals surface area contributed by atoms with Crippen molar-refractivity contribution in [3.8, 4) is 5.75 Å². The van der Waals surface area contributed by atoms with Crippen LogP contribution in [0.5, 0.6) is 5.75 Å². The molecule has 1 amide bonds. The molecule has 2 bridgehead atoms. The van der Waals surface area contributed by atoms with E-state index in [-0.39, 0.29) is 24.1 Å². The van der Waals surface area contributed by atoms with Gasteiger partial charge in [-0.25, -0.2) is 0 Å². The fourth-order valence-corrected chi connectivity index (χ4v) is 3.54. The quantitative estimate of drug-likeness (QED) is 0.920. The maximum atomic E-state index is 12.8. The van der Waals surface area contributed by atoms with Crippen LogP contribution in [0.15, 0.2) is 24.3 Å². The molecule has 1 aromatic rings. The fraction of sp³-hybridized carbons (Fsp3) is 0.562. The van der Waals surface area contributed by atoms with Gasteiger partial charge >= 0.3 is 0 Å². The highest BCUT2D eigenvalue weighted by Gasteiger charge is 2.43. The van der Waals surface area contributed by atoms with Crippen molar-refractivity contribution in [2.75, 3.05) is 6.61 Å². The fourth-order valence-electron chi connectivity index (χ4n) is 3.54. The summed E-state index contributed by atoms with van der Waals surface area (Å²) < 4.78 is 5.56. The van der Waals surface area contributed by atoms with Crippen molar-refractivity contribution in [1.29, 1.82) is 0 Å². The van der Waals surface area contributed by atoms with Gasteiger partial charge in [0, 0.05) is 12.1 Å². The molecule has 0 radical (unpaired) electrons. The highest BCUT2D eigenvalue weighted by molar-refractivity contribution is 5.97. The number of aliphatic hydroxyl groups is 1. The number of piperidine rings is 1. The van der Waals surface area contributed by atoms with E-state index in [4.69, 9.17) is 4.74 Å². The molecule has 0 aliphatic carbocycles. The minimum atomic E-state index is -0.251. The van der Waals surface area contributed by atoms with E-state index in [1.807, 2.05) is 36.1 Å². The molecular formula is C16H21NO3. The molecular weight excluding hydrogens is 254 g/mol. The van der Waals surface area contributed by atoms with Gasteiger partial charge in [0.25, 0.3) is 5.91 Å². The Bertz CT molecular complexity index is 488. The lowest BCUT2D eigenvalue weighted by atomic mass is 9.98. The molecule has 4 heteroatoms. The van der Waals surface area contributed by atoms with Crippen LogP contribution in [-0.2, 0) is 0 Å². The summed E-state index contributed by atoms with van der Waals surface area (Å²) in [5.41, 5.74) is 0.641. The van der Waals surface area contributed by atoms with Crippen LogP contribution in [0.1, 0.15) is 43.0 Å². The zero-order chi connectivity index (χ0) is 14.1. The Labute approximate surface area is 119 Å². The van der Waals surface area contributed by atoms with Crippen LogP contribution in [0.4, 0.5) is 0 Å². The number of nitrogens with zero attached hydrogens (tertiary/aromatic N) is 1. The van der Waals surface area contributed by atoms with Crippen molar-refractivity contribution in [1.82, 2.24) is 4.90 Å². The molecule has 0 spiro atoms. The molecule has 2 unspecified atom stereocenters. The Morgan fingerprint density at radius 3 is 2.60 bits per heavy atom. The van der Waals surface area contributed by atoms with E-state index < -0.39 is 0 Å². The third-order valence-electron chi connectivity index (χ3n) is 4.36. The largest absolute Gasteiger partial charge is 0.493 e. The Morgan fingerprint density at radius 1 is 1.30 bits per heavy atom. The molecule has 2 atom stereocenters. The Kier molecular flexibility index (Phi) is 3.66. The van der Waals surface area contributed by atoms with Gasteiger partial charge in [-0.2, -0.15) is 0 Å². The lowest BCUT2D eigenvalue weighted by Crippen LogP contribution is -2.48. The van der Waals surface area contributed by atoms with Gasteiger partial charge in [-0.15, -0.1) is 0 Å². The van der Waals surface area contributed by atoms with Crippen molar-refractivity contribution in [2.45, 2.75) is 50.8 Å². The monoisotopic (exact) mass is 275 g/mol. The van der Waals surface area contributed by atoms with E-state index in [1.54, 1.807) is 0 Å². The third-order valence-corrected chi connectivity index (χ3v) is 4.36. The topological polar surface area (TPSA) is 49.8 Å². The van der Waals surface area contributed by atoms with Crippen LogP contribution in [-0.4, -0.2) is 40.7 Å². The molecule has 2 fully saturated rings. The molecule has 0 saturated carbocycles. The SMILES string of the molecule is CCOc1ccccc1C(=O)N1C2CCC1CC(O)C2. The number of para-hydroxylation sites is 1. The first-order valence-electron chi connectivity index (χ1n) is 7.43. The van der Waals surface area contributed by atoms with Gasteiger partial charge in [0.2, 0.25) is 0 Å². The third kappa shape index (κ3) is 2.29. The second-order valence-corrected chi connectivity index (χ2v) is 5.65. The van der Waals surface area contributed by atoms with E-state index >= 15 is 0 Å². The lowest BCUT2D eigenvalue weighted by molar-refractivity contribution is 0.0284. The van der Waals surface area contributed by atoms with Crippen molar-refractivity contribution < 1.29 is 14.6 Å². The summed E-state index contributed by atoms with van der Waals surface area (Å²) in [5.74, 6) is 0.707. The maximum Gasteiger partial charge on any atom is 0.258 e. The molecule has 0 aromatic heterocycles. The molecule has 3 rings (SSSR count). The second kappa shape index (κ2) is 5.44. The van der Waals surface area contributed by atoms with Gasteiger partial charge in [0.05, 0.1) is 18.3 Å². The van der Waals surface area contributed by atoms with Gasteiger partial charge < -0.3 is 14.7 Å². The van der Waals surface area contributed by atoms with E-state index in [9.17, 15) is 9.90 Å². The predicted molar refractivity (Wildman–Crippen MR) is 75.8 cm³/mol. The zero-order valence-corrected chi connectivity index (χ0v) is 11.8. The van der Waals surface area contributed by atoms with Gasteiger partial charge in [-0.05, 0) is 44.7 Å². The number of amides is 1. The van der Waals surface area contributed by atoms with E-state index in [2.05, 4.69) is 0 Å². The number of carbonyl (C=O) groups is 1. The van der Waals surface area contributed by atoms with Crippen LogP contribution in [0.3, 0.4) is 0 Å². The Hall–Kier alpha value is -1.55. The second-order valence-electron chi connectivity index (χ2n) is 5.65. The summed E-state index contributed by atoms with van der Waals surface area (Å²) in [4.78, 5) is 14.8. The molecule has 2 aliphatic heterocycles. The predicted octanol–water partition coefficient (Wildman–Crippen LogP) is 2.21. The summed E-state index contributed by atoms with van der Waals surface area (Å²) in [6.07, 6.45) is 3.17. The van der Waals surface area contributed by atoms with E-state index in [0.29, 0.717) is 30.8 Å². The number of benzene rings is 1. The summed E-state index contributed by atoms with van der Waals surface area (Å²) >= 11 is 0. The molecule has 108 valence electrons. The number of rotatable bonds is 3.